The van der Waals surface area contributed by atoms with Crippen LogP contribution in [0.1, 0.15) is 31.0 Å². The number of hydrogen-bond acceptors (Lipinski definition) is 3. The first-order valence-corrected chi connectivity index (χ1v) is 6.27. The summed E-state index contributed by atoms with van der Waals surface area (Å²) in [7, 11) is 1.58. The lowest BCUT2D eigenvalue weighted by Gasteiger charge is -2.08. The molecule has 5 nitrogen and oxygen atoms in total. The van der Waals surface area contributed by atoms with Gasteiger partial charge in [-0.05, 0) is 18.1 Å². The van der Waals surface area contributed by atoms with Gasteiger partial charge in [0.1, 0.15) is 11.4 Å². The summed E-state index contributed by atoms with van der Waals surface area (Å²) in [5, 5.41) is 3.14. The topological polar surface area (TPSA) is 73.0 Å². The first-order valence-electron chi connectivity index (χ1n) is 6.27. The lowest BCUT2D eigenvalue weighted by atomic mass is 10.1. The Labute approximate surface area is 112 Å². The van der Waals surface area contributed by atoms with Gasteiger partial charge in [-0.25, -0.2) is 4.68 Å². The molecule has 1 heterocycles. The van der Waals surface area contributed by atoms with Crippen LogP contribution in [-0.4, -0.2) is 16.9 Å². The van der Waals surface area contributed by atoms with Crippen molar-refractivity contribution in [2.45, 2.75) is 26.3 Å². The zero-order chi connectivity index (χ0) is 14.0. The van der Waals surface area contributed by atoms with Crippen molar-refractivity contribution in [3.05, 3.63) is 45.9 Å². The first kappa shape index (κ1) is 13.4. The molecule has 0 radical (unpaired) electrons. The van der Waals surface area contributed by atoms with Crippen LogP contribution in [-0.2, 0) is 6.54 Å². The summed E-state index contributed by atoms with van der Waals surface area (Å²) in [6.45, 7) is 4.28. The maximum atomic E-state index is 12.4. The van der Waals surface area contributed by atoms with Crippen LogP contribution in [0.4, 0.5) is 0 Å². The van der Waals surface area contributed by atoms with Gasteiger partial charge >= 0.3 is 0 Å². The van der Waals surface area contributed by atoms with Gasteiger partial charge < -0.3 is 10.5 Å². The molecular weight excluding hydrogens is 242 g/mol. The maximum absolute atomic E-state index is 12.4. The van der Waals surface area contributed by atoms with Crippen LogP contribution in [0, 0.1) is 0 Å². The van der Waals surface area contributed by atoms with E-state index in [0.29, 0.717) is 17.0 Å². The van der Waals surface area contributed by atoms with E-state index in [2.05, 4.69) is 5.10 Å². The van der Waals surface area contributed by atoms with Gasteiger partial charge in [-0.1, -0.05) is 26.0 Å². The van der Waals surface area contributed by atoms with E-state index in [1.165, 1.54) is 4.68 Å². The van der Waals surface area contributed by atoms with Gasteiger partial charge in [-0.15, -0.1) is 0 Å². The van der Waals surface area contributed by atoms with Crippen LogP contribution in [0.15, 0.2) is 29.1 Å². The first-order chi connectivity index (χ1) is 9.10. The Morgan fingerprint density at radius 1 is 1.37 bits per heavy atom. The molecule has 2 aromatic rings. The van der Waals surface area contributed by atoms with Gasteiger partial charge in [0.25, 0.3) is 5.56 Å². The number of aromatic nitrogens is 2. The lowest BCUT2D eigenvalue weighted by molar-refractivity contribution is 0.411. The minimum atomic E-state index is -0.115. The van der Waals surface area contributed by atoms with Crippen molar-refractivity contribution in [1.82, 2.24) is 9.78 Å². The molecule has 0 fully saturated rings. The number of aromatic amines is 1. The second kappa shape index (κ2) is 5.32. The van der Waals surface area contributed by atoms with E-state index in [1.54, 1.807) is 7.11 Å². The molecule has 1 aromatic heterocycles. The van der Waals surface area contributed by atoms with Crippen LogP contribution in [0.3, 0.4) is 0 Å². The maximum Gasteiger partial charge on any atom is 0.276 e. The second-order valence-corrected chi connectivity index (χ2v) is 4.68. The average molecular weight is 261 g/mol. The molecule has 2 rings (SSSR count). The molecule has 0 aliphatic rings. The highest BCUT2D eigenvalue weighted by molar-refractivity contribution is 5.46. The number of benzene rings is 1. The smallest absolute Gasteiger partial charge is 0.276 e. The molecule has 1 aromatic carbocycles. The Kier molecular flexibility index (Phi) is 3.76. The number of nitrogens with zero attached hydrogens (tertiary/aromatic N) is 1. The third-order valence-corrected chi connectivity index (χ3v) is 3.13. The summed E-state index contributed by atoms with van der Waals surface area (Å²) in [5.41, 5.74) is 7.76. The van der Waals surface area contributed by atoms with E-state index in [1.807, 2.05) is 38.1 Å². The number of rotatable bonds is 4. The van der Waals surface area contributed by atoms with Crippen LogP contribution in [0.25, 0.3) is 5.69 Å². The molecule has 0 unspecified atom stereocenters. The standard InChI is InChI=1S/C14H19N3O2/c1-9(2)13-10(8-15)14(18)17(16-13)11-6-4-5-7-12(11)19-3/h4-7,9,16H,8,15H2,1-3H3. The fraction of sp³-hybridized carbons (Fsp3) is 0.357. The molecule has 102 valence electrons. The highest BCUT2D eigenvalue weighted by Crippen LogP contribution is 2.22. The molecule has 5 heteroatoms. The number of hydrogen-bond donors (Lipinski definition) is 2. The third-order valence-electron chi connectivity index (χ3n) is 3.13. The number of para-hydroxylation sites is 2. The molecule has 0 spiro atoms. The van der Waals surface area contributed by atoms with E-state index >= 15 is 0 Å². The third kappa shape index (κ3) is 2.29. The van der Waals surface area contributed by atoms with Gasteiger partial charge in [-0.3, -0.25) is 9.89 Å². The molecule has 3 N–H and O–H groups in total. The molecule has 0 aliphatic heterocycles. The van der Waals surface area contributed by atoms with E-state index in [9.17, 15) is 4.79 Å². The average Bonchev–Trinajstić information content (AvgIpc) is 2.75. The number of H-pyrrole nitrogens is 1. The molecule has 0 saturated carbocycles. The van der Waals surface area contributed by atoms with Crippen LogP contribution in [0.2, 0.25) is 0 Å². The zero-order valence-corrected chi connectivity index (χ0v) is 11.4. The second-order valence-electron chi connectivity index (χ2n) is 4.68. The van der Waals surface area contributed by atoms with Crippen molar-refractivity contribution in [2.24, 2.45) is 5.73 Å². The van der Waals surface area contributed by atoms with Crippen molar-refractivity contribution in [2.75, 3.05) is 7.11 Å². The predicted octanol–water partition coefficient (Wildman–Crippen LogP) is 1.76. The summed E-state index contributed by atoms with van der Waals surface area (Å²) in [5.74, 6) is 0.854. The monoisotopic (exact) mass is 261 g/mol. The molecular formula is C14H19N3O2. The molecule has 19 heavy (non-hydrogen) atoms. The van der Waals surface area contributed by atoms with E-state index < -0.39 is 0 Å². The molecule has 0 amide bonds. The lowest BCUT2D eigenvalue weighted by Crippen LogP contribution is -2.19. The van der Waals surface area contributed by atoms with Gasteiger partial charge in [0.15, 0.2) is 0 Å². The number of nitrogens with one attached hydrogen (secondary N) is 1. The van der Waals surface area contributed by atoms with Crippen LogP contribution >= 0.6 is 0 Å². The van der Waals surface area contributed by atoms with Gasteiger partial charge in [0.2, 0.25) is 0 Å². The summed E-state index contributed by atoms with van der Waals surface area (Å²) in [6, 6.07) is 7.38. The summed E-state index contributed by atoms with van der Waals surface area (Å²) in [6.07, 6.45) is 0. The van der Waals surface area contributed by atoms with E-state index in [4.69, 9.17) is 10.5 Å². The molecule has 0 atom stereocenters. The largest absolute Gasteiger partial charge is 0.494 e. The highest BCUT2D eigenvalue weighted by atomic mass is 16.5. The van der Waals surface area contributed by atoms with Crippen molar-refractivity contribution in [3.8, 4) is 11.4 Å². The van der Waals surface area contributed by atoms with E-state index in [0.717, 1.165) is 5.69 Å². The van der Waals surface area contributed by atoms with Gasteiger partial charge in [0, 0.05) is 12.2 Å². The van der Waals surface area contributed by atoms with Gasteiger partial charge in [-0.2, -0.15) is 0 Å². The summed E-state index contributed by atoms with van der Waals surface area (Å²) < 4.78 is 6.78. The van der Waals surface area contributed by atoms with Crippen molar-refractivity contribution < 1.29 is 4.74 Å². The quantitative estimate of drug-likeness (QED) is 0.880. The Bertz CT molecular complexity index is 626. The fourth-order valence-electron chi connectivity index (χ4n) is 2.15. The van der Waals surface area contributed by atoms with Crippen LogP contribution in [0.5, 0.6) is 5.75 Å². The number of methoxy groups -OCH3 is 1. The minimum absolute atomic E-state index is 0.115. The fourth-order valence-corrected chi connectivity index (χ4v) is 2.15. The minimum Gasteiger partial charge on any atom is -0.494 e. The highest BCUT2D eigenvalue weighted by Gasteiger charge is 2.17. The Hall–Kier alpha value is -2.01. The predicted molar refractivity (Wildman–Crippen MR) is 74.9 cm³/mol. The van der Waals surface area contributed by atoms with Gasteiger partial charge in [0.05, 0.1) is 12.7 Å². The summed E-state index contributed by atoms with van der Waals surface area (Å²) in [4.78, 5) is 12.4. The zero-order valence-electron chi connectivity index (χ0n) is 11.4. The molecule has 0 saturated heterocycles. The van der Waals surface area contributed by atoms with Crippen molar-refractivity contribution in [3.63, 3.8) is 0 Å². The van der Waals surface area contributed by atoms with Crippen LogP contribution < -0.4 is 16.0 Å². The Morgan fingerprint density at radius 2 is 2.05 bits per heavy atom. The van der Waals surface area contributed by atoms with E-state index in [-0.39, 0.29) is 18.0 Å². The summed E-state index contributed by atoms with van der Waals surface area (Å²) >= 11 is 0. The number of nitrogens with two attached hydrogens (primary N) is 1. The Balaban J connectivity index is 2.67. The Morgan fingerprint density at radius 3 is 2.58 bits per heavy atom. The van der Waals surface area contributed by atoms with Crippen molar-refractivity contribution >= 4 is 0 Å². The molecule has 0 aliphatic carbocycles. The molecule has 0 bridgehead atoms. The van der Waals surface area contributed by atoms with Crippen molar-refractivity contribution in [1.29, 1.82) is 0 Å². The number of ether oxygens (including phenoxy) is 1. The normalized spacial score (nSPS) is 11.0. The SMILES string of the molecule is COc1ccccc1-n1[nH]c(C(C)C)c(CN)c1=O.